The predicted molar refractivity (Wildman–Crippen MR) is 61.4 cm³/mol. The molecule has 1 aliphatic heterocycles. The van der Waals surface area contributed by atoms with Gasteiger partial charge in [-0.05, 0) is 12.1 Å². The number of phenolic OH excluding ortho intramolecular Hbond substituents is 1. The van der Waals surface area contributed by atoms with E-state index in [-0.39, 0.29) is 30.4 Å². The van der Waals surface area contributed by atoms with Gasteiger partial charge in [0.25, 0.3) is 5.91 Å². The number of amides is 1. The second-order valence-electron chi connectivity index (χ2n) is 3.97. The second-order valence-corrected chi connectivity index (χ2v) is 3.97. The molecule has 0 aliphatic carbocycles. The summed E-state index contributed by atoms with van der Waals surface area (Å²) in [6.45, 7) is 0.482. The number of carboxylic acid groups (broad SMARTS) is 1. The SMILES string of the molecule is O=C(O)C1CN(C(=O)c2ccccc2O)CCO1. The third-order valence-electron chi connectivity index (χ3n) is 2.76. The molecule has 1 aromatic carbocycles. The smallest absolute Gasteiger partial charge is 0.334 e. The first-order chi connectivity index (χ1) is 8.59. The zero-order valence-corrected chi connectivity index (χ0v) is 9.57. The van der Waals surface area contributed by atoms with Crippen LogP contribution in [-0.4, -0.2) is 52.8 Å². The number of ether oxygens (including phenoxy) is 1. The van der Waals surface area contributed by atoms with Gasteiger partial charge in [0.2, 0.25) is 0 Å². The first kappa shape index (κ1) is 12.4. The summed E-state index contributed by atoms with van der Waals surface area (Å²) in [7, 11) is 0. The summed E-state index contributed by atoms with van der Waals surface area (Å²) in [5.74, 6) is -1.59. The molecule has 6 nitrogen and oxygen atoms in total. The standard InChI is InChI=1S/C12H13NO5/c14-9-4-2-1-3-8(9)11(15)13-5-6-18-10(7-13)12(16)17/h1-4,10,14H,5-7H2,(H,16,17). The molecule has 1 aromatic rings. The summed E-state index contributed by atoms with van der Waals surface area (Å²) in [6, 6.07) is 6.18. The molecule has 1 fully saturated rings. The summed E-state index contributed by atoms with van der Waals surface area (Å²) in [4.78, 5) is 24.3. The van der Waals surface area contributed by atoms with Crippen molar-refractivity contribution in [3.05, 3.63) is 29.8 Å². The Morgan fingerprint density at radius 3 is 2.72 bits per heavy atom. The van der Waals surface area contributed by atoms with Gasteiger partial charge in [-0.15, -0.1) is 0 Å². The molecular formula is C12H13NO5. The van der Waals surface area contributed by atoms with Crippen molar-refractivity contribution in [3.63, 3.8) is 0 Å². The van der Waals surface area contributed by atoms with Gasteiger partial charge in [-0.25, -0.2) is 4.79 Å². The maximum atomic E-state index is 12.1. The van der Waals surface area contributed by atoms with Crippen LogP contribution in [0, 0.1) is 0 Å². The normalized spacial score (nSPS) is 19.6. The van der Waals surface area contributed by atoms with Gasteiger partial charge < -0.3 is 19.8 Å². The van der Waals surface area contributed by atoms with Gasteiger partial charge in [0.1, 0.15) is 5.75 Å². The number of hydrogen-bond donors (Lipinski definition) is 2. The topological polar surface area (TPSA) is 87.1 Å². The highest BCUT2D eigenvalue weighted by Crippen LogP contribution is 2.19. The van der Waals surface area contributed by atoms with E-state index in [0.717, 1.165) is 0 Å². The van der Waals surface area contributed by atoms with Crippen molar-refractivity contribution < 1.29 is 24.5 Å². The number of hydrogen-bond acceptors (Lipinski definition) is 4. The summed E-state index contributed by atoms with van der Waals surface area (Å²) >= 11 is 0. The number of aromatic hydroxyl groups is 1. The Morgan fingerprint density at radius 1 is 1.33 bits per heavy atom. The van der Waals surface area contributed by atoms with Crippen LogP contribution >= 0.6 is 0 Å². The minimum Gasteiger partial charge on any atom is -0.507 e. The van der Waals surface area contributed by atoms with E-state index in [1.165, 1.54) is 17.0 Å². The molecule has 0 aromatic heterocycles. The van der Waals surface area contributed by atoms with Gasteiger partial charge in [-0.3, -0.25) is 4.79 Å². The van der Waals surface area contributed by atoms with E-state index in [1.54, 1.807) is 12.1 Å². The molecule has 1 heterocycles. The molecule has 2 rings (SSSR count). The Hall–Kier alpha value is -2.08. The van der Waals surface area contributed by atoms with Crippen molar-refractivity contribution in [3.8, 4) is 5.75 Å². The Kier molecular flexibility index (Phi) is 3.47. The molecule has 1 unspecified atom stereocenters. The molecule has 0 saturated carbocycles. The van der Waals surface area contributed by atoms with Crippen LogP contribution < -0.4 is 0 Å². The first-order valence-electron chi connectivity index (χ1n) is 5.51. The highest BCUT2D eigenvalue weighted by atomic mass is 16.5. The van der Waals surface area contributed by atoms with Crippen molar-refractivity contribution in [2.45, 2.75) is 6.10 Å². The van der Waals surface area contributed by atoms with Gasteiger partial charge in [0, 0.05) is 6.54 Å². The van der Waals surface area contributed by atoms with Crippen LogP contribution in [-0.2, 0) is 9.53 Å². The van der Waals surface area contributed by atoms with E-state index >= 15 is 0 Å². The maximum Gasteiger partial charge on any atom is 0.334 e. The van der Waals surface area contributed by atoms with E-state index in [0.29, 0.717) is 6.54 Å². The Labute approximate surface area is 103 Å². The highest BCUT2D eigenvalue weighted by molar-refractivity contribution is 5.97. The number of rotatable bonds is 2. The van der Waals surface area contributed by atoms with E-state index in [9.17, 15) is 14.7 Å². The quantitative estimate of drug-likeness (QED) is 0.790. The molecule has 0 spiro atoms. The van der Waals surface area contributed by atoms with Crippen molar-refractivity contribution in [2.24, 2.45) is 0 Å². The Balaban J connectivity index is 2.14. The number of nitrogens with zero attached hydrogens (tertiary/aromatic N) is 1. The number of benzene rings is 1. The number of carboxylic acids is 1. The van der Waals surface area contributed by atoms with Crippen molar-refractivity contribution in [1.82, 2.24) is 4.90 Å². The van der Waals surface area contributed by atoms with Crippen LogP contribution in [0.1, 0.15) is 10.4 Å². The van der Waals surface area contributed by atoms with Crippen LogP contribution in [0.2, 0.25) is 0 Å². The lowest BCUT2D eigenvalue weighted by molar-refractivity contribution is -0.154. The number of carbonyl (C=O) groups excluding carboxylic acids is 1. The van der Waals surface area contributed by atoms with E-state index in [2.05, 4.69) is 0 Å². The number of morpholine rings is 1. The van der Waals surface area contributed by atoms with Gasteiger partial charge in [-0.1, -0.05) is 12.1 Å². The van der Waals surface area contributed by atoms with Crippen molar-refractivity contribution in [1.29, 1.82) is 0 Å². The minimum absolute atomic E-state index is 0.0114. The summed E-state index contributed by atoms with van der Waals surface area (Å²) in [6.07, 6.45) is -1.01. The van der Waals surface area contributed by atoms with Gasteiger partial charge in [0.15, 0.2) is 6.10 Å². The first-order valence-corrected chi connectivity index (χ1v) is 5.51. The summed E-state index contributed by atoms with van der Waals surface area (Å²) in [5, 5.41) is 18.4. The predicted octanol–water partition coefficient (Wildman–Crippen LogP) is 0.318. The minimum atomic E-state index is -1.09. The molecule has 96 valence electrons. The number of phenols is 1. The average molecular weight is 251 g/mol. The van der Waals surface area contributed by atoms with Crippen molar-refractivity contribution in [2.75, 3.05) is 19.7 Å². The maximum absolute atomic E-state index is 12.1. The van der Waals surface area contributed by atoms with Crippen LogP contribution in [0.4, 0.5) is 0 Å². The molecule has 1 saturated heterocycles. The molecule has 0 bridgehead atoms. The number of para-hydroxylation sites is 1. The van der Waals surface area contributed by atoms with Gasteiger partial charge >= 0.3 is 5.97 Å². The molecule has 1 atom stereocenters. The van der Waals surface area contributed by atoms with Crippen molar-refractivity contribution >= 4 is 11.9 Å². The summed E-state index contributed by atoms with van der Waals surface area (Å²) < 4.78 is 5.03. The average Bonchev–Trinajstić information content (AvgIpc) is 2.38. The van der Waals surface area contributed by atoms with E-state index in [4.69, 9.17) is 9.84 Å². The zero-order valence-electron chi connectivity index (χ0n) is 9.57. The summed E-state index contributed by atoms with van der Waals surface area (Å²) in [5.41, 5.74) is 0.170. The molecule has 18 heavy (non-hydrogen) atoms. The molecule has 1 aliphatic rings. The molecule has 6 heteroatoms. The van der Waals surface area contributed by atoms with Crippen LogP contribution in [0.5, 0.6) is 5.75 Å². The van der Waals surface area contributed by atoms with Crippen LogP contribution in [0.25, 0.3) is 0 Å². The Bertz CT molecular complexity index is 473. The molecule has 2 N–H and O–H groups in total. The lowest BCUT2D eigenvalue weighted by atomic mass is 10.1. The molecule has 0 radical (unpaired) electrons. The van der Waals surface area contributed by atoms with Gasteiger partial charge in [-0.2, -0.15) is 0 Å². The lowest BCUT2D eigenvalue weighted by Crippen LogP contribution is -2.48. The monoisotopic (exact) mass is 251 g/mol. The fourth-order valence-corrected chi connectivity index (χ4v) is 1.81. The fourth-order valence-electron chi connectivity index (χ4n) is 1.81. The van der Waals surface area contributed by atoms with E-state index < -0.39 is 12.1 Å². The largest absolute Gasteiger partial charge is 0.507 e. The third-order valence-corrected chi connectivity index (χ3v) is 2.76. The third kappa shape index (κ3) is 2.43. The van der Waals surface area contributed by atoms with Crippen LogP contribution in [0.3, 0.4) is 0 Å². The second kappa shape index (κ2) is 5.05. The number of carbonyl (C=O) groups is 2. The molecule has 1 amide bonds. The Morgan fingerprint density at radius 2 is 2.06 bits per heavy atom. The van der Waals surface area contributed by atoms with E-state index in [1.807, 2.05) is 0 Å². The fraction of sp³-hybridized carbons (Fsp3) is 0.333. The zero-order chi connectivity index (χ0) is 13.1. The highest BCUT2D eigenvalue weighted by Gasteiger charge is 2.30. The molecular weight excluding hydrogens is 238 g/mol. The lowest BCUT2D eigenvalue weighted by Gasteiger charge is -2.31. The van der Waals surface area contributed by atoms with Gasteiger partial charge in [0.05, 0.1) is 18.7 Å². The van der Waals surface area contributed by atoms with Crippen LogP contribution in [0.15, 0.2) is 24.3 Å². The number of aliphatic carboxylic acids is 1.